The number of hydrogen-bond donors (Lipinski definition) is 1. The average Bonchev–Trinajstić information content (AvgIpc) is 2.89. The van der Waals surface area contributed by atoms with Gasteiger partial charge in [-0.15, -0.1) is 0 Å². The van der Waals surface area contributed by atoms with Crippen molar-refractivity contribution in [2.45, 2.75) is 31.7 Å². The topological polar surface area (TPSA) is 49.4 Å². The molecule has 3 aromatic carbocycles. The molecule has 4 heteroatoms. The smallest absolute Gasteiger partial charge is 0.237 e. The first-order chi connectivity index (χ1) is 13.4. The van der Waals surface area contributed by atoms with Gasteiger partial charge in [-0.05, 0) is 41.8 Å². The number of carbonyl (C=O) groups excluding carboxylic acids is 2. The van der Waals surface area contributed by atoms with Crippen LogP contribution in [0.3, 0.4) is 0 Å². The summed E-state index contributed by atoms with van der Waals surface area (Å²) in [5.74, 6) is -0.164. The lowest BCUT2D eigenvalue weighted by atomic mass is 9.80. The summed E-state index contributed by atoms with van der Waals surface area (Å²) in [4.78, 5) is 27.4. The summed E-state index contributed by atoms with van der Waals surface area (Å²) in [5, 5.41) is 5.38. The molecule has 0 aromatic heterocycles. The van der Waals surface area contributed by atoms with Gasteiger partial charge in [-0.25, -0.2) is 0 Å². The zero-order valence-electron chi connectivity index (χ0n) is 16.4. The Bertz CT molecular complexity index is 1070. The predicted molar refractivity (Wildman–Crippen MR) is 112 cm³/mol. The number of amides is 2. The third kappa shape index (κ3) is 2.85. The summed E-state index contributed by atoms with van der Waals surface area (Å²) >= 11 is 0. The van der Waals surface area contributed by atoms with Crippen LogP contribution in [-0.2, 0) is 15.0 Å². The van der Waals surface area contributed by atoms with E-state index < -0.39 is 5.41 Å². The van der Waals surface area contributed by atoms with Crippen LogP contribution in [0.5, 0.6) is 0 Å². The lowest BCUT2D eigenvalue weighted by Gasteiger charge is -2.24. The van der Waals surface area contributed by atoms with E-state index in [9.17, 15) is 9.59 Å². The average molecular weight is 372 g/mol. The quantitative estimate of drug-likeness (QED) is 0.741. The van der Waals surface area contributed by atoms with E-state index in [1.807, 2.05) is 62.4 Å². The molecule has 0 saturated carbocycles. The number of fused-ring (bicyclic) bond motifs is 2. The number of hydrogen-bond acceptors (Lipinski definition) is 2. The Labute approximate surface area is 165 Å². The van der Waals surface area contributed by atoms with Crippen LogP contribution in [0, 0.1) is 0 Å². The molecule has 0 spiro atoms. The highest BCUT2D eigenvalue weighted by atomic mass is 16.2. The molecule has 0 saturated heterocycles. The van der Waals surface area contributed by atoms with Crippen molar-refractivity contribution in [1.29, 1.82) is 0 Å². The van der Waals surface area contributed by atoms with Gasteiger partial charge in [0.1, 0.15) is 0 Å². The van der Waals surface area contributed by atoms with Crippen molar-refractivity contribution >= 4 is 28.3 Å². The molecule has 0 unspecified atom stereocenters. The minimum atomic E-state index is -0.839. The Kier molecular flexibility index (Phi) is 4.42. The molecule has 2 amide bonds. The summed E-state index contributed by atoms with van der Waals surface area (Å²) < 4.78 is 0. The number of para-hydroxylation sites is 1. The molecule has 1 N–H and O–H groups in total. The predicted octanol–water partition coefficient (Wildman–Crippen LogP) is 4.34. The largest absolute Gasteiger partial charge is 0.350 e. The first kappa shape index (κ1) is 18.2. The molecule has 1 aliphatic heterocycles. The number of anilines is 1. The maximum absolute atomic E-state index is 12.9. The molecule has 0 bridgehead atoms. The second-order valence-corrected chi connectivity index (χ2v) is 7.75. The van der Waals surface area contributed by atoms with Gasteiger partial charge in [-0.3, -0.25) is 9.59 Å². The Hall–Kier alpha value is -3.14. The highest BCUT2D eigenvalue weighted by molar-refractivity contribution is 6.09. The summed E-state index contributed by atoms with van der Waals surface area (Å²) in [6.07, 6.45) is 0.127. The first-order valence-corrected chi connectivity index (χ1v) is 9.56. The third-order valence-corrected chi connectivity index (χ3v) is 5.82. The molecule has 4 nitrogen and oxygen atoms in total. The first-order valence-electron chi connectivity index (χ1n) is 9.56. The van der Waals surface area contributed by atoms with Gasteiger partial charge in [0.25, 0.3) is 0 Å². The van der Waals surface area contributed by atoms with Crippen molar-refractivity contribution in [3.63, 3.8) is 0 Å². The monoisotopic (exact) mass is 372 g/mol. The summed E-state index contributed by atoms with van der Waals surface area (Å²) in [5.41, 5.74) is 2.03. The van der Waals surface area contributed by atoms with Crippen molar-refractivity contribution in [2.75, 3.05) is 11.9 Å². The molecular weight excluding hydrogens is 348 g/mol. The lowest BCUT2D eigenvalue weighted by Crippen LogP contribution is -2.41. The fraction of sp³-hybridized carbons (Fsp3) is 0.250. The van der Waals surface area contributed by atoms with E-state index in [4.69, 9.17) is 0 Å². The van der Waals surface area contributed by atoms with Gasteiger partial charge in [0, 0.05) is 19.2 Å². The highest BCUT2D eigenvalue weighted by Crippen LogP contribution is 2.43. The minimum Gasteiger partial charge on any atom is -0.350 e. The summed E-state index contributed by atoms with van der Waals surface area (Å²) in [6.45, 7) is 3.85. The molecule has 0 fully saturated rings. The van der Waals surface area contributed by atoms with E-state index in [-0.39, 0.29) is 24.3 Å². The number of nitrogens with zero attached hydrogens (tertiary/aromatic N) is 1. The van der Waals surface area contributed by atoms with Crippen LogP contribution in [0.4, 0.5) is 5.69 Å². The van der Waals surface area contributed by atoms with Crippen molar-refractivity contribution in [3.05, 3.63) is 77.9 Å². The van der Waals surface area contributed by atoms with E-state index in [0.717, 1.165) is 27.6 Å². The molecule has 3 aromatic rings. The summed E-state index contributed by atoms with van der Waals surface area (Å²) in [6, 6.07) is 21.8. The third-order valence-electron chi connectivity index (χ3n) is 5.82. The maximum atomic E-state index is 12.9. The van der Waals surface area contributed by atoms with Gasteiger partial charge in [-0.1, -0.05) is 60.7 Å². The van der Waals surface area contributed by atoms with Crippen LogP contribution in [0.15, 0.2) is 66.7 Å². The van der Waals surface area contributed by atoms with Crippen LogP contribution >= 0.6 is 0 Å². The molecule has 142 valence electrons. The normalized spacial score (nSPS) is 19.5. The van der Waals surface area contributed by atoms with Crippen LogP contribution in [-0.4, -0.2) is 18.9 Å². The summed E-state index contributed by atoms with van der Waals surface area (Å²) in [7, 11) is 1.77. The van der Waals surface area contributed by atoms with E-state index in [1.54, 1.807) is 11.9 Å². The van der Waals surface area contributed by atoms with E-state index in [2.05, 4.69) is 23.5 Å². The molecular formula is C24H24N2O2. The van der Waals surface area contributed by atoms with Gasteiger partial charge in [-0.2, -0.15) is 0 Å². The van der Waals surface area contributed by atoms with Gasteiger partial charge in [0.2, 0.25) is 11.8 Å². The fourth-order valence-corrected chi connectivity index (χ4v) is 4.32. The van der Waals surface area contributed by atoms with Crippen LogP contribution in [0.25, 0.3) is 10.8 Å². The van der Waals surface area contributed by atoms with Crippen LogP contribution in [0.2, 0.25) is 0 Å². The molecule has 1 aliphatic rings. The highest BCUT2D eigenvalue weighted by Gasteiger charge is 2.47. The van der Waals surface area contributed by atoms with Gasteiger partial charge >= 0.3 is 0 Å². The standard InChI is InChI=1S/C24H24N2O2/c1-16(18-12-8-10-17-9-4-5-11-19(17)18)25-22(27)15-24(2)20-13-6-7-14-21(20)26(3)23(24)28/h4-14,16H,15H2,1-3H3,(H,25,27)/t16-,24-/m1/s1. The maximum Gasteiger partial charge on any atom is 0.237 e. The Morgan fingerprint density at radius 1 is 1.04 bits per heavy atom. The van der Waals surface area contributed by atoms with Gasteiger partial charge in [0.05, 0.1) is 11.5 Å². The Balaban J connectivity index is 1.57. The van der Waals surface area contributed by atoms with Gasteiger partial charge < -0.3 is 10.2 Å². The van der Waals surface area contributed by atoms with Crippen molar-refractivity contribution in [3.8, 4) is 0 Å². The van der Waals surface area contributed by atoms with Crippen LogP contribution < -0.4 is 10.2 Å². The van der Waals surface area contributed by atoms with Crippen molar-refractivity contribution in [1.82, 2.24) is 5.32 Å². The SMILES string of the molecule is C[C@@H](NC(=O)C[C@@]1(C)C(=O)N(C)c2ccccc21)c1cccc2ccccc12. The Morgan fingerprint density at radius 2 is 1.71 bits per heavy atom. The van der Waals surface area contributed by atoms with Gasteiger partial charge in [0.15, 0.2) is 0 Å². The number of nitrogens with one attached hydrogen (secondary N) is 1. The molecule has 28 heavy (non-hydrogen) atoms. The minimum absolute atomic E-state index is 0.0401. The molecule has 2 atom stereocenters. The number of carbonyl (C=O) groups is 2. The molecule has 0 aliphatic carbocycles. The molecule has 0 radical (unpaired) electrons. The van der Waals surface area contributed by atoms with Crippen molar-refractivity contribution in [2.24, 2.45) is 0 Å². The van der Waals surface area contributed by atoms with E-state index in [1.165, 1.54) is 0 Å². The number of likely N-dealkylation sites (N-methyl/N-ethyl adjacent to an activating group) is 1. The Morgan fingerprint density at radius 3 is 2.54 bits per heavy atom. The van der Waals surface area contributed by atoms with Crippen LogP contribution in [0.1, 0.15) is 37.4 Å². The molecule has 4 rings (SSSR count). The number of benzene rings is 3. The van der Waals surface area contributed by atoms with E-state index >= 15 is 0 Å². The van der Waals surface area contributed by atoms with E-state index in [0.29, 0.717) is 0 Å². The number of rotatable bonds is 4. The second-order valence-electron chi connectivity index (χ2n) is 7.75. The lowest BCUT2D eigenvalue weighted by molar-refractivity contribution is -0.129. The zero-order chi connectivity index (χ0) is 19.9. The molecule has 1 heterocycles. The van der Waals surface area contributed by atoms with Crippen molar-refractivity contribution < 1.29 is 9.59 Å². The second kappa shape index (κ2) is 6.79. The zero-order valence-corrected chi connectivity index (χ0v) is 16.4. The fourth-order valence-electron chi connectivity index (χ4n) is 4.32.